The van der Waals surface area contributed by atoms with Gasteiger partial charge in [0.25, 0.3) is 11.7 Å². The number of hydrogen-bond donors (Lipinski definition) is 2. The normalized spacial score (nSPS) is 13.6. The van der Waals surface area contributed by atoms with Gasteiger partial charge >= 0.3 is 6.09 Å². The van der Waals surface area contributed by atoms with Crippen LogP contribution in [0.2, 0.25) is 0 Å². The number of ketones is 1. The standard InChI is InChI=1S/C29H29N5O6S/c1-29(2,3)22-16-20(26(41-22)40-27(30)37)32-25(36)24(35)19-8-9-21(18-7-5-4-6-17(18)19)39-23-10-11-31-28(33-23)34-12-14-38-15-13-34/h4-11,16H,12-15H2,1-3H3,(H2,30,37)(H,32,36). The van der Waals surface area contributed by atoms with Gasteiger partial charge in [-0.1, -0.05) is 45.0 Å². The molecule has 5 rings (SSSR count). The van der Waals surface area contributed by atoms with E-state index in [0.717, 1.165) is 4.88 Å². The van der Waals surface area contributed by atoms with Crippen LogP contribution in [0.15, 0.2) is 54.7 Å². The number of anilines is 2. The van der Waals surface area contributed by atoms with Gasteiger partial charge in [-0.3, -0.25) is 9.59 Å². The smallest absolute Gasteiger partial charge is 0.410 e. The average molecular weight is 576 g/mol. The Balaban J connectivity index is 1.41. The molecule has 2 aromatic heterocycles. The molecule has 0 saturated carbocycles. The number of Topliss-reactive ketones (excluding diaryl/α,β-unsaturated/α-hetero) is 1. The van der Waals surface area contributed by atoms with Crippen LogP contribution < -0.4 is 25.4 Å². The van der Waals surface area contributed by atoms with Crippen molar-refractivity contribution in [2.45, 2.75) is 26.2 Å². The Labute approximate surface area is 240 Å². The molecule has 1 aliphatic heterocycles. The third-order valence-electron chi connectivity index (χ3n) is 6.34. The van der Waals surface area contributed by atoms with Crippen LogP contribution in [0.25, 0.3) is 10.8 Å². The second kappa shape index (κ2) is 11.5. The zero-order valence-corrected chi connectivity index (χ0v) is 23.6. The van der Waals surface area contributed by atoms with Crippen molar-refractivity contribution in [3.63, 3.8) is 0 Å². The number of fused-ring (bicyclic) bond motifs is 1. The van der Waals surface area contributed by atoms with Gasteiger partial charge in [-0.2, -0.15) is 4.98 Å². The minimum Gasteiger partial charge on any atom is -0.438 e. The summed E-state index contributed by atoms with van der Waals surface area (Å²) >= 11 is 1.17. The number of carbonyl (C=O) groups is 3. The van der Waals surface area contributed by atoms with E-state index < -0.39 is 17.8 Å². The number of carbonyl (C=O) groups excluding carboxylic acids is 3. The third kappa shape index (κ3) is 6.28. The number of benzene rings is 2. The van der Waals surface area contributed by atoms with Crippen LogP contribution in [0.3, 0.4) is 0 Å². The zero-order valence-electron chi connectivity index (χ0n) is 22.8. The van der Waals surface area contributed by atoms with Crippen molar-refractivity contribution in [1.29, 1.82) is 0 Å². The lowest BCUT2D eigenvalue weighted by Gasteiger charge is -2.26. The number of nitrogens with two attached hydrogens (primary N) is 1. The SMILES string of the molecule is CC(C)(C)c1cc(NC(=O)C(=O)c2ccc(Oc3ccnc(N4CCOCC4)n3)c3ccccc23)c(OC(N)=O)s1. The van der Waals surface area contributed by atoms with Crippen molar-refractivity contribution >= 4 is 51.5 Å². The molecule has 41 heavy (non-hydrogen) atoms. The molecule has 11 nitrogen and oxygen atoms in total. The molecule has 12 heteroatoms. The average Bonchev–Trinajstić information content (AvgIpc) is 3.35. The van der Waals surface area contributed by atoms with Gasteiger partial charge in [0.15, 0.2) is 0 Å². The van der Waals surface area contributed by atoms with E-state index in [9.17, 15) is 14.4 Å². The van der Waals surface area contributed by atoms with Gasteiger partial charge in [-0.05, 0) is 29.0 Å². The van der Waals surface area contributed by atoms with Crippen molar-refractivity contribution in [2.24, 2.45) is 5.73 Å². The van der Waals surface area contributed by atoms with Crippen LogP contribution in [-0.2, 0) is 14.9 Å². The summed E-state index contributed by atoms with van der Waals surface area (Å²) in [4.78, 5) is 49.7. The molecule has 1 aliphatic rings. The number of aromatic nitrogens is 2. The van der Waals surface area contributed by atoms with E-state index >= 15 is 0 Å². The molecule has 0 aliphatic carbocycles. The van der Waals surface area contributed by atoms with Crippen LogP contribution in [-0.4, -0.2) is 54.1 Å². The number of nitrogens with zero attached hydrogens (tertiary/aromatic N) is 3. The summed E-state index contributed by atoms with van der Waals surface area (Å²) in [7, 11) is 0. The number of morpholine rings is 1. The molecule has 4 aromatic rings. The number of amides is 2. The second-order valence-electron chi connectivity index (χ2n) is 10.3. The quantitative estimate of drug-likeness (QED) is 0.232. The molecule has 0 radical (unpaired) electrons. The molecule has 0 spiro atoms. The molecule has 0 unspecified atom stereocenters. The molecule has 1 saturated heterocycles. The minimum absolute atomic E-state index is 0.110. The minimum atomic E-state index is -1.02. The first-order valence-electron chi connectivity index (χ1n) is 12.9. The Bertz CT molecular complexity index is 1620. The Kier molecular flexibility index (Phi) is 7.86. The van der Waals surface area contributed by atoms with Gasteiger partial charge in [-0.25, -0.2) is 9.78 Å². The van der Waals surface area contributed by atoms with Crippen LogP contribution in [0.1, 0.15) is 36.0 Å². The summed E-state index contributed by atoms with van der Waals surface area (Å²) in [6.07, 6.45) is 0.611. The highest BCUT2D eigenvalue weighted by atomic mass is 32.1. The fourth-order valence-electron chi connectivity index (χ4n) is 4.28. The lowest BCUT2D eigenvalue weighted by Crippen LogP contribution is -2.37. The number of hydrogen-bond acceptors (Lipinski definition) is 10. The van der Waals surface area contributed by atoms with E-state index in [1.165, 1.54) is 11.3 Å². The highest BCUT2D eigenvalue weighted by Gasteiger charge is 2.26. The number of ether oxygens (including phenoxy) is 3. The second-order valence-corrected chi connectivity index (χ2v) is 11.3. The summed E-state index contributed by atoms with van der Waals surface area (Å²) in [5.74, 6) is -0.298. The van der Waals surface area contributed by atoms with Crippen LogP contribution in [0.4, 0.5) is 16.4 Å². The fraction of sp³-hybridized carbons (Fsp3) is 0.276. The molecule has 3 heterocycles. The zero-order chi connectivity index (χ0) is 29.1. The van der Waals surface area contributed by atoms with Crippen LogP contribution in [0.5, 0.6) is 16.7 Å². The van der Waals surface area contributed by atoms with Crippen LogP contribution in [0, 0.1) is 0 Å². The Morgan fingerprint density at radius 3 is 2.49 bits per heavy atom. The van der Waals surface area contributed by atoms with Gasteiger partial charge in [-0.15, -0.1) is 11.3 Å². The summed E-state index contributed by atoms with van der Waals surface area (Å²) in [6.45, 7) is 8.51. The number of nitrogens with one attached hydrogen (secondary N) is 1. The lowest BCUT2D eigenvalue weighted by atomic mass is 9.95. The first-order valence-corrected chi connectivity index (χ1v) is 13.7. The molecule has 0 atom stereocenters. The van der Waals surface area contributed by atoms with Gasteiger partial charge < -0.3 is 30.2 Å². The van der Waals surface area contributed by atoms with Gasteiger partial charge in [0.1, 0.15) is 5.75 Å². The molecular weight excluding hydrogens is 546 g/mol. The van der Waals surface area contributed by atoms with Gasteiger partial charge in [0.05, 0.1) is 18.9 Å². The Hall–Kier alpha value is -4.55. The molecule has 212 valence electrons. The van der Waals surface area contributed by atoms with E-state index in [0.29, 0.717) is 54.7 Å². The maximum absolute atomic E-state index is 13.4. The van der Waals surface area contributed by atoms with Crippen molar-refractivity contribution < 1.29 is 28.6 Å². The predicted molar refractivity (Wildman–Crippen MR) is 155 cm³/mol. The maximum atomic E-state index is 13.4. The predicted octanol–water partition coefficient (Wildman–Crippen LogP) is 4.90. The van der Waals surface area contributed by atoms with Crippen LogP contribution >= 0.6 is 11.3 Å². The molecule has 3 N–H and O–H groups in total. The van der Waals surface area contributed by atoms with E-state index in [1.54, 1.807) is 48.7 Å². The van der Waals surface area contributed by atoms with Gasteiger partial charge in [0.2, 0.25) is 16.9 Å². The van der Waals surface area contributed by atoms with Crippen molar-refractivity contribution in [3.8, 4) is 16.7 Å². The monoisotopic (exact) mass is 575 g/mol. The van der Waals surface area contributed by atoms with Crippen molar-refractivity contribution in [1.82, 2.24) is 9.97 Å². The lowest BCUT2D eigenvalue weighted by molar-refractivity contribution is -0.112. The molecule has 0 bridgehead atoms. The van der Waals surface area contributed by atoms with E-state index in [2.05, 4.69) is 15.3 Å². The molecule has 2 aromatic carbocycles. The third-order valence-corrected chi connectivity index (χ3v) is 7.78. The molecule has 1 fully saturated rings. The Morgan fingerprint density at radius 2 is 1.78 bits per heavy atom. The number of rotatable bonds is 7. The highest BCUT2D eigenvalue weighted by Crippen LogP contribution is 2.41. The van der Waals surface area contributed by atoms with E-state index in [-0.39, 0.29) is 21.7 Å². The largest absolute Gasteiger partial charge is 0.438 e. The Morgan fingerprint density at radius 1 is 1.05 bits per heavy atom. The van der Waals surface area contributed by atoms with E-state index in [4.69, 9.17) is 19.9 Å². The summed E-state index contributed by atoms with van der Waals surface area (Å²) < 4.78 is 16.6. The van der Waals surface area contributed by atoms with Crippen molar-refractivity contribution in [2.75, 3.05) is 36.5 Å². The summed E-state index contributed by atoms with van der Waals surface area (Å²) in [6, 6.07) is 13.6. The summed E-state index contributed by atoms with van der Waals surface area (Å²) in [5, 5.41) is 3.86. The number of thiophene rings is 1. The first-order chi connectivity index (χ1) is 19.6. The topological polar surface area (TPSA) is 146 Å². The summed E-state index contributed by atoms with van der Waals surface area (Å²) in [5.41, 5.74) is 5.31. The van der Waals surface area contributed by atoms with E-state index in [1.807, 2.05) is 31.7 Å². The maximum Gasteiger partial charge on any atom is 0.410 e. The number of primary amides is 1. The first kappa shape index (κ1) is 28.0. The molecular formula is C29H29N5O6S. The van der Waals surface area contributed by atoms with Crippen molar-refractivity contribution in [3.05, 3.63) is 65.2 Å². The fourth-order valence-corrected chi connectivity index (χ4v) is 5.30. The highest BCUT2D eigenvalue weighted by molar-refractivity contribution is 7.14. The van der Waals surface area contributed by atoms with Gasteiger partial charge in [0, 0.05) is 41.2 Å². The molecule has 2 amide bonds.